The summed E-state index contributed by atoms with van der Waals surface area (Å²) >= 11 is 1.54. The van der Waals surface area contributed by atoms with E-state index in [0.29, 0.717) is 31.5 Å². The molecule has 0 saturated carbocycles. The largest absolute Gasteiger partial charge is 0.339 e. The minimum Gasteiger partial charge on any atom is -0.339 e. The molecule has 3 aromatic rings. The van der Waals surface area contributed by atoms with Gasteiger partial charge in [0.1, 0.15) is 0 Å². The summed E-state index contributed by atoms with van der Waals surface area (Å²) < 4.78 is 0. The fraction of sp³-hybridized carbons (Fsp3) is 0.333. The van der Waals surface area contributed by atoms with Crippen molar-refractivity contribution in [2.75, 3.05) is 13.1 Å². The second kappa shape index (κ2) is 9.26. The standard InChI is InChI=1S/C27H28N4O3S/c1-18-5-6-19(2)23(14-18)24(32)30-11-7-21(8-12-30)27(22-4-3-10-28-15-22)25(33)31(26(34)29-27)16-20-9-13-35-17-20/h3-6,9-10,13-15,17,21H,7-8,11-12,16H2,1-2H3,(H,29,34). The zero-order valence-corrected chi connectivity index (χ0v) is 20.7. The fourth-order valence-electron chi connectivity index (χ4n) is 5.26. The number of pyridine rings is 1. The third kappa shape index (κ3) is 4.12. The van der Waals surface area contributed by atoms with Gasteiger partial charge in [-0.2, -0.15) is 11.3 Å². The predicted octanol–water partition coefficient (Wildman–Crippen LogP) is 4.26. The van der Waals surface area contributed by atoms with E-state index >= 15 is 0 Å². The molecule has 2 aromatic heterocycles. The minimum atomic E-state index is -1.18. The van der Waals surface area contributed by atoms with Crippen LogP contribution in [0.1, 0.15) is 45.5 Å². The Morgan fingerprint density at radius 3 is 2.66 bits per heavy atom. The number of likely N-dealkylation sites (tertiary alicyclic amines) is 1. The SMILES string of the molecule is Cc1ccc(C)c(C(=O)N2CCC(C3(c4cccnc4)NC(=O)N(Cc4ccsc4)C3=O)CC2)c1. The molecule has 1 N–H and O–H groups in total. The van der Waals surface area contributed by atoms with E-state index in [1.807, 2.05) is 59.8 Å². The van der Waals surface area contributed by atoms with Crippen LogP contribution in [0.4, 0.5) is 4.79 Å². The molecule has 1 atom stereocenters. The first kappa shape index (κ1) is 23.2. The topological polar surface area (TPSA) is 82.6 Å². The van der Waals surface area contributed by atoms with Gasteiger partial charge in [-0.25, -0.2) is 4.79 Å². The van der Waals surface area contributed by atoms with E-state index in [2.05, 4.69) is 10.3 Å². The van der Waals surface area contributed by atoms with Gasteiger partial charge in [0, 0.05) is 36.6 Å². The lowest BCUT2D eigenvalue weighted by atomic mass is 9.73. The third-order valence-corrected chi connectivity index (χ3v) is 7.92. The van der Waals surface area contributed by atoms with E-state index in [4.69, 9.17) is 0 Å². The van der Waals surface area contributed by atoms with E-state index in [-0.39, 0.29) is 30.3 Å². The molecular weight excluding hydrogens is 460 g/mol. The first-order chi connectivity index (χ1) is 16.9. The molecule has 4 heterocycles. The van der Waals surface area contributed by atoms with Crippen LogP contribution in [0.25, 0.3) is 0 Å². The van der Waals surface area contributed by atoms with Crippen molar-refractivity contribution >= 4 is 29.2 Å². The number of amides is 4. The molecule has 0 aliphatic carbocycles. The molecule has 8 heteroatoms. The Morgan fingerprint density at radius 1 is 1.17 bits per heavy atom. The smallest absolute Gasteiger partial charge is 0.325 e. The number of nitrogens with zero attached hydrogens (tertiary/aromatic N) is 3. The van der Waals surface area contributed by atoms with Crippen molar-refractivity contribution in [1.82, 2.24) is 20.1 Å². The second-order valence-corrected chi connectivity index (χ2v) is 10.2. The second-order valence-electron chi connectivity index (χ2n) is 9.39. The van der Waals surface area contributed by atoms with Gasteiger partial charge in [-0.05, 0) is 72.7 Å². The van der Waals surface area contributed by atoms with Gasteiger partial charge < -0.3 is 10.2 Å². The molecule has 35 heavy (non-hydrogen) atoms. The molecule has 5 rings (SSSR count). The molecule has 0 radical (unpaired) electrons. The fourth-order valence-corrected chi connectivity index (χ4v) is 5.92. The van der Waals surface area contributed by atoms with Crippen molar-refractivity contribution < 1.29 is 14.4 Å². The molecule has 1 unspecified atom stereocenters. The summed E-state index contributed by atoms with van der Waals surface area (Å²) in [5.74, 6) is -0.389. The summed E-state index contributed by atoms with van der Waals surface area (Å²) in [5, 5.41) is 6.94. The Kier molecular flexibility index (Phi) is 6.15. The maximum Gasteiger partial charge on any atom is 0.325 e. The normalized spacial score (nSPS) is 20.9. The highest BCUT2D eigenvalue weighted by Crippen LogP contribution is 2.42. The summed E-state index contributed by atoms with van der Waals surface area (Å²) in [7, 11) is 0. The number of benzene rings is 1. The molecular formula is C27H28N4O3S. The van der Waals surface area contributed by atoms with Gasteiger partial charge in [-0.15, -0.1) is 0 Å². The highest BCUT2D eigenvalue weighted by Gasteiger charge is 2.57. The van der Waals surface area contributed by atoms with E-state index in [0.717, 1.165) is 22.3 Å². The molecule has 2 saturated heterocycles. The molecule has 2 fully saturated rings. The number of imide groups is 1. The van der Waals surface area contributed by atoms with E-state index in [1.165, 1.54) is 16.2 Å². The van der Waals surface area contributed by atoms with Crippen LogP contribution < -0.4 is 5.32 Å². The van der Waals surface area contributed by atoms with Crippen LogP contribution in [0.15, 0.2) is 59.6 Å². The van der Waals surface area contributed by atoms with Crippen LogP contribution in [0.3, 0.4) is 0 Å². The lowest BCUT2D eigenvalue weighted by molar-refractivity contribution is -0.134. The van der Waals surface area contributed by atoms with Crippen LogP contribution in [-0.4, -0.2) is 45.7 Å². The van der Waals surface area contributed by atoms with Gasteiger partial charge in [0.2, 0.25) is 0 Å². The number of carbonyl (C=O) groups is 3. The number of hydrogen-bond donors (Lipinski definition) is 1. The van der Waals surface area contributed by atoms with Gasteiger partial charge in [0.15, 0.2) is 5.54 Å². The first-order valence-corrected chi connectivity index (χ1v) is 12.8. The average molecular weight is 489 g/mol. The molecule has 7 nitrogen and oxygen atoms in total. The Bertz CT molecular complexity index is 1250. The Labute approximate surface area is 208 Å². The number of rotatable bonds is 5. The summed E-state index contributed by atoms with van der Waals surface area (Å²) in [6.45, 7) is 5.21. The van der Waals surface area contributed by atoms with E-state index in [9.17, 15) is 14.4 Å². The first-order valence-electron chi connectivity index (χ1n) is 11.8. The summed E-state index contributed by atoms with van der Waals surface area (Å²) in [6, 6.07) is 11.1. The molecule has 0 bridgehead atoms. The van der Waals surface area contributed by atoms with Crippen molar-refractivity contribution in [2.24, 2.45) is 5.92 Å². The van der Waals surface area contributed by atoms with Crippen molar-refractivity contribution in [3.63, 3.8) is 0 Å². The van der Waals surface area contributed by atoms with Gasteiger partial charge >= 0.3 is 6.03 Å². The Morgan fingerprint density at radius 2 is 1.97 bits per heavy atom. The van der Waals surface area contributed by atoms with Gasteiger partial charge in [-0.1, -0.05) is 23.8 Å². The van der Waals surface area contributed by atoms with Crippen LogP contribution in [0, 0.1) is 19.8 Å². The highest BCUT2D eigenvalue weighted by molar-refractivity contribution is 7.07. The quantitative estimate of drug-likeness (QED) is 0.544. The van der Waals surface area contributed by atoms with Crippen molar-refractivity contribution in [3.05, 3.63) is 87.4 Å². The zero-order chi connectivity index (χ0) is 24.6. The minimum absolute atomic E-state index is 0.0148. The van der Waals surface area contributed by atoms with Crippen molar-refractivity contribution in [2.45, 2.75) is 38.8 Å². The number of nitrogens with one attached hydrogen (secondary N) is 1. The highest BCUT2D eigenvalue weighted by atomic mass is 32.1. The molecule has 0 spiro atoms. The lowest BCUT2D eigenvalue weighted by Gasteiger charge is -2.41. The lowest BCUT2D eigenvalue weighted by Crippen LogP contribution is -2.54. The molecule has 1 aromatic carbocycles. The van der Waals surface area contributed by atoms with Crippen molar-refractivity contribution in [3.8, 4) is 0 Å². The van der Waals surface area contributed by atoms with Gasteiger partial charge in [0.25, 0.3) is 11.8 Å². The number of aromatic nitrogens is 1. The maximum absolute atomic E-state index is 13.9. The molecule has 2 aliphatic rings. The predicted molar refractivity (Wildman–Crippen MR) is 134 cm³/mol. The molecule has 4 amide bonds. The number of aryl methyl sites for hydroxylation is 2. The zero-order valence-electron chi connectivity index (χ0n) is 19.9. The number of carbonyl (C=O) groups excluding carboxylic acids is 3. The molecule has 2 aliphatic heterocycles. The third-order valence-electron chi connectivity index (χ3n) is 7.19. The van der Waals surface area contributed by atoms with Gasteiger partial charge in [-0.3, -0.25) is 19.5 Å². The van der Waals surface area contributed by atoms with Gasteiger partial charge in [0.05, 0.1) is 6.54 Å². The number of piperidine rings is 1. The Balaban J connectivity index is 1.41. The number of urea groups is 1. The summed E-state index contributed by atoms with van der Waals surface area (Å²) in [5.41, 5.74) is 3.15. The summed E-state index contributed by atoms with van der Waals surface area (Å²) in [6.07, 6.45) is 4.53. The van der Waals surface area contributed by atoms with E-state index in [1.54, 1.807) is 18.5 Å². The molecule has 180 valence electrons. The Hall–Kier alpha value is -3.52. The van der Waals surface area contributed by atoms with Crippen LogP contribution >= 0.6 is 11.3 Å². The van der Waals surface area contributed by atoms with Crippen LogP contribution in [0.5, 0.6) is 0 Å². The number of hydrogen-bond acceptors (Lipinski definition) is 5. The maximum atomic E-state index is 13.9. The summed E-state index contributed by atoms with van der Waals surface area (Å²) in [4.78, 5) is 47.7. The number of thiophene rings is 1. The van der Waals surface area contributed by atoms with Crippen LogP contribution in [0.2, 0.25) is 0 Å². The van der Waals surface area contributed by atoms with E-state index < -0.39 is 5.54 Å². The monoisotopic (exact) mass is 488 g/mol. The average Bonchev–Trinajstić information content (AvgIpc) is 3.48. The van der Waals surface area contributed by atoms with Crippen molar-refractivity contribution in [1.29, 1.82) is 0 Å². The van der Waals surface area contributed by atoms with Crippen LogP contribution in [-0.2, 0) is 16.9 Å².